The normalized spacial score (nSPS) is 16.0. The van der Waals surface area contributed by atoms with Crippen LogP contribution in [0.25, 0.3) is 27.9 Å². The summed E-state index contributed by atoms with van der Waals surface area (Å²) in [6, 6.07) is 18.8. The van der Waals surface area contributed by atoms with E-state index in [1.54, 1.807) is 18.2 Å². The van der Waals surface area contributed by atoms with E-state index in [0.717, 1.165) is 49.7 Å². The summed E-state index contributed by atoms with van der Waals surface area (Å²) in [5, 5.41) is 13.6. The molecular formula is C27H23Cl2N3O3S. The van der Waals surface area contributed by atoms with E-state index in [0.29, 0.717) is 15.0 Å². The molecule has 0 spiro atoms. The molecule has 1 aromatic heterocycles. The maximum absolute atomic E-state index is 13.0. The Labute approximate surface area is 222 Å². The minimum absolute atomic E-state index is 0.107. The van der Waals surface area contributed by atoms with E-state index >= 15 is 0 Å². The fourth-order valence-corrected chi connectivity index (χ4v) is 5.59. The SMILES string of the molecule is CN(C)c1ccc(/C=C2/SC(=O)N(CC(O)Cn3c4ccc(Cl)cc4c4cc(Cl)ccc43)C2=O)cc1. The van der Waals surface area contributed by atoms with E-state index in [9.17, 15) is 14.7 Å². The number of carbonyl (C=O) groups excluding carboxylic acids is 2. The highest BCUT2D eigenvalue weighted by Gasteiger charge is 2.36. The Morgan fingerprint density at radius 1 is 0.917 bits per heavy atom. The number of carbonyl (C=O) groups is 2. The second-order valence-corrected chi connectivity index (χ2v) is 10.7. The molecule has 5 rings (SSSR count). The first-order chi connectivity index (χ1) is 17.2. The number of nitrogens with zero attached hydrogens (tertiary/aromatic N) is 3. The van der Waals surface area contributed by atoms with Crippen molar-refractivity contribution in [3.63, 3.8) is 0 Å². The minimum Gasteiger partial charge on any atom is -0.389 e. The Morgan fingerprint density at radius 3 is 2.06 bits per heavy atom. The number of halogens is 2. The predicted molar refractivity (Wildman–Crippen MR) is 149 cm³/mol. The van der Waals surface area contributed by atoms with Crippen LogP contribution in [0.5, 0.6) is 0 Å². The Bertz CT molecular complexity index is 1470. The predicted octanol–water partition coefficient (Wildman–Crippen LogP) is 6.26. The molecule has 1 saturated heterocycles. The standard InChI is InChI=1S/C27H23Cl2N3O3S/c1-30(2)19-7-3-16(4-8-19)11-25-26(34)32(27(35)36-25)15-20(33)14-31-23-9-5-17(28)12-21(23)22-13-18(29)6-10-24(22)31/h3-13,20,33H,14-15H2,1-2H3/b25-11+. The van der Waals surface area contributed by atoms with Gasteiger partial charge in [-0.3, -0.25) is 14.5 Å². The average Bonchev–Trinajstić information content (AvgIpc) is 3.27. The van der Waals surface area contributed by atoms with Gasteiger partial charge in [0.1, 0.15) is 0 Å². The molecule has 1 atom stereocenters. The number of aliphatic hydroxyl groups excluding tert-OH is 1. The van der Waals surface area contributed by atoms with Crippen LogP contribution in [0.2, 0.25) is 10.0 Å². The summed E-state index contributed by atoms with van der Waals surface area (Å²) in [5.74, 6) is -0.401. The van der Waals surface area contributed by atoms with Crippen molar-refractivity contribution in [2.45, 2.75) is 12.6 Å². The quantitative estimate of drug-likeness (QED) is 0.292. The lowest BCUT2D eigenvalue weighted by molar-refractivity contribution is -0.123. The monoisotopic (exact) mass is 539 g/mol. The number of fused-ring (bicyclic) bond motifs is 3. The van der Waals surface area contributed by atoms with E-state index in [-0.39, 0.29) is 13.1 Å². The molecule has 1 aliphatic rings. The van der Waals surface area contributed by atoms with Crippen LogP contribution in [0.3, 0.4) is 0 Å². The van der Waals surface area contributed by atoms with Crippen LogP contribution in [-0.4, -0.2) is 52.5 Å². The molecule has 1 N–H and O–H groups in total. The first kappa shape index (κ1) is 24.7. The zero-order valence-corrected chi connectivity index (χ0v) is 21.9. The van der Waals surface area contributed by atoms with Crippen molar-refractivity contribution in [1.82, 2.24) is 9.47 Å². The molecular weight excluding hydrogens is 517 g/mol. The molecule has 2 heterocycles. The van der Waals surface area contributed by atoms with Crippen LogP contribution in [0.1, 0.15) is 5.56 Å². The fourth-order valence-electron chi connectivity index (χ4n) is 4.40. The highest BCUT2D eigenvalue weighted by atomic mass is 35.5. The molecule has 0 radical (unpaired) electrons. The highest BCUT2D eigenvalue weighted by molar-refractivity contribution is 8.18. The fraction of sp³-hybridized carbons (Fsp3) is 0.185. The zero-order chi connectivity index (χ0) is 25.6. The van der Waals surface area contributed by atoms with Gasteiger partial charge in [0.15, 0.2) is 0 Å². The lowest BCUT2D eigenvalue weighted by Crippen LogP contribution is -2.37. The Kier molecular flexibility index (Phi) is 6.74. The number of thioether (sulfide) groups is 1. The summed E-state index contributed by atoms with van der Waals surface area (Å²) in [6.45, 7) is 0.0833. The number of rotatable bonds is 6. The van der Waals surface area contributed by atoms with Crippen LogP contribution in [0.15, 0.2) is 65.6 Å². The smallest absolute Gasteiger partial charge is 0.293 e. The van der Waals surface area contributed by atoms with Gasteiger partial charge in [-0.1, -0.05) is 35.3 Å². The molecule has 184 valence electrons. The number of benzene rings is 3. The molecule has 6 nitrogen and oxygen atoms in total. The van der Waals surface area contributed by atoms with Crippen molar-refractivity contribution in [2.24, 2.45) is 0 Å². The van der Waals surface area contributed by atoms with Crippen LogP contribution < -0.4 is 4.90 Å². The summed E-state index contributed by atoms with van der Waals surface area (Å²) in [5.41, 5.74) is 3.63. The summed E-state index contributed by atoms with van der Waals surface area (Å²) < 4.78 is 1.96. The molecule has 1 fully saturated rings. The third-order valence-corrected chi connectivity index (χ3v) is 7.53. The molecule has 36 heavy (non-hydrogen) atoms. The lowest BCUT2D eigenvalue weighted by Gasteiger charge is -2.19. The van der Waals surface area contributed by atoms with Gasteiger partial charge in [-0.15, -0.1) is 0 Å². The zero-order valence-electron chi connectivity index (χ0n) is 19.6. The molecule has 9 heteroatoms. The van der Waals surface area contributed by atoms with Crippen molar-refractivity contribution >= 4 is 79.7 Å². The number of imide groups is 1. The van der Waals surface area contributed by atoms with Crippen molar-refractivity contribution in [1.29, 1.82) is 0 Å². The Balaban J connectivity index is 1.37. The summed E-state index contributed by atoms with van der Waals surface area (Å²) >= 11 is 13.3. The van der Waals surface area contributed by atoms with Crippen LogP contribution in [0, 0.1) is 0 Å². The number of hydrogen-bond acceptors (Lipinski definition) is 5. The number of β-amino-alcohol motifs (C(OH)–C–C–N with tert-alkyl or cyclic N) is 1. The summed E-state index contributed by atoms with van der Waals surface area (Å²) in [4.78, 5) is 29.1. The van der Waals surface area contributed by atoms with Crippen molar-refractivity contribution in [3.05, 3.63) is 81.2 Å². The molecule has 2 amide bonds. The third-order valence-electron chi connectivity index (χ3n) is 6.16. The van der Waals surface area contributed by atoms with Crippen molar-refractivity contribution < 1.29 is 14.7 Å². The van der Waals surface area contributed by atoms with Gasteiger partial charge in [-0.05, 0) is 71.9 Å². The van der Waals surface area contributed by atoms with E-state index in [2.05, 4.69) is 0 Å². The number of anilines is 1. The molecule has 1 aliphatic heterocycles. The number of amides is 2. The lowest BCUT2D eigenvalue weighted by atomic mass is 10.1. The first-order valence-electron chi connectivity index (χ1n) is 11.3. The third kappa shape index (κ3) is 4.72. The largest absolute Gasteiger partial charge is 0.389 e. The topological polar surface area (TPSA) is 65.8 Å². The second kappa shape index (κ2) is 9.82. The van der Waals surface area contributed by atoms with Gasteiger partial charge in [-0.2, -0.15) is 0 Å². The number of hydrogen-bond donors (Lipinski definition) is 1. The maximum atomic E-state index is 13.0. The number of aromatic nitrogens is 1. The van der Waals surface area contributed by atoms with E-state index < -0.39 is 17.3 Å². The summed E-state index contributed by atoms with van der Waals surface area (Å²) in [7, 11) is 3.91. The van der Waals surface area contributed by atoms with Crippen molar-refractivity contribution in [2.75, 3.05) is 25.5 Å². The Hall–Kier alpha value is -2.97. The number of aliphatic hydroxyl groups is 1. The molecule has 4 aromatic rings. The molecule has 1 unspecified atom stereocenters. The van der Waals surface area contributed by atoms with Crippen LogP contribution >= 0.6 is 35.0 Å². The van der Waals surface area contributed by atoms with E-state index in [1.165, 1.54) is 0 Å². The van der Waals surface area contributed by atoms with E-state index in [1.807, 2.05) is 72.1 Å². The summed E-state index contributed by atoms with van der Waals surface area (Å²) in [6.07, 6.45) is 0.736. The van der Waals surface area contributed by atoms with Gasteiger partial charge in [0.2, 0.25) is 0 Å². The molecule has 0 bridgehead atoms. The molecule has 0 aliphatic carbocycles. The highest BCUT2D eigenvalue weighted by Crippen LogP contribution is 2.35. The van der Waals surface area contributed by atoms with Gasteiger partial charge in [0.05, 0.1) is 24.1 Å². The minimum atomic E-state index is -0.970. The van der Waals surface area contributed by atoms with Crippen LogP contribution in [0.4, 0.5) is 10.5 Å². The molecule has 0 saturated carbocycles. The van der Waals surface area contributed by atoms with Crippen LogP contribution in [-0.2, 0) is 11.3 Å². The van der Waals surface area contributed by atoms with Gasteiger partial charge in [0.25, 0.3) is 11.1 Å². The maximum Gasteiger partial charge on any atom is 0.293 e. The van der Waals surface area contributed by atoms with Gasteiger partial charge in [0, 0.05) is 51.6 Å². The van der Waals surface area contributed by atoms with Gasteiger partial charge >= 0.3 is 0 Å². The molecule has 3 aromatic carbocycles. The Morgan fingerprint density at radius 2 is 1.50 bits per heavy atom. The van der Waals surface area contributed by atoms with E-state index in [4.69, 9.17) is 23.2 Å². The van der Waals surface area contributed by atoms with Gasteiger partial charge in [-0.25, -0.2) is 0 Å². The first-order valence-corrected chi connectivity index (χ1v) is 12.9. The average molecular weight is 540 g/mol. The van der Waals surface area contributed by atoms with Crippen molar-refractivity contribution in [3.8, 4) is 0 Å². The van der Waals surface area contributed by atoms with Gasteiger partial charge < -0.3 is 14.6 Å². The second-order valence-electron chi connectivity index (χ2n) is 8.87.